The minimum Gasteiger partial charge on any atom is -0.497 e. The maximum Gasteiger partial charge on any atom is 0.292 e. The number of rotatable bonds is 6. The third-order valence-electron chi connectivity index (χ3n) is 5.58. The monoisotopic (exact) mass is 410 g/mol. The highest BCUT2D eigenvalue weighted by molar-refractivity contribution is 5.93. The summed E-state index contributed by atoms with van der Waals surface area (Å²) in [6, 6.07) is 7.25. The second-order valence-electron chi connectivity index (χ2n) is 7.32. The van der Waals surface area contributed by atoms with Crippen molar-refractivity contribution in [2.45, 2.75) is 39.3 Å². The molecule has 8 nitrogen and oxygen atoms in total. The molecule has 8 heteroatoms. The van der Waals surface area contributed by atoms with E-state index < -0.39 is 0 Å². The van der Waals surface area contributed by atoms with E-state index in [9.17, 15) is 4.79 Å². The van der Waals surface area contributed by atoms with Gasteiger partial charge in [0.25, 0.3) is 5.91 Å². The molecule has 1 aliphatic heterocycles. The van der Waals surface area contributed by atoms with Crippen molar-refractivity contribution in [2.24, 2.45) is 0 Å². The molecule has 4 rings (SSSR count). The smallest absolute Gasteiger partial charge is 0.292 e. The van der Waals surface area contributed by atoms with Crippen molar-refractivity contribution < 1.29 is 18.8 Å². The number of ether oxygens (including phenoxy) is 2. The van der Waals surface area contributed by atoms with Gasteiger partial charge in [-0.15, -0.1) is 0 Å². The first kappa shape index (κ1) is 20.0. The first-order valence-corrected chi connectivity index (χ1v) is 10.1. The van der Waals surface area contributed by atoms with Crippen LogP contribution >= 0.6 is 0 Å². The van der Waals surface area contributed by atoms with Gasteiger partial charge in [-0.3, -0.25) is 9.48 Å². The Morgan fingerprint density at radius 2 is 2.10 bits per heavy atom. The van der Waals surface area contributed by atoms with Crippen LogP contribution in [0.3, 0.4) is 0 Å². The number of aryl methyl sites for hydroxylation is 2. The van der Waals surface area contributed by atoms with E-state index in [1.807, 2.05) is 47.8 Å². The fraction of sp³-hybridized carbons (Fsp3) is 0.409. The first-order valence-electron chi connectivity index (χ1n) is 10.1. The summed E-state index contributed by atoms with van der Waals surface area (Å²) >= 11 is 0. The Labute approximate surface area is 175 Å². The Morgan fingerprint density at radius 3 is 2.80 bits per heavy atom. The molecule has 1 atom stereocenters. The number of hydrogen-bond donors (Lipinski definition) is 0. The Kier molecular flexibility index (Phi) is 5.48. The molecule has 1 aromatic carbocycles. The molecule has 0 spiro atoms. The van der Waals surface area contributed by atoms with Gasteiger partial charge in [0.15, 0.2) is 0 Å². The van der Waals surface area contributed by atoms with Crippen molar-refractivity contribution in [1.29, 1.82) is 0 Å². The van der Waals surface area contributed by atoms with Crippen LogP contribution in [0.5, 0.6) is 11.5 Å². The van der Waals surface area contributed by atoms with Crippen LogP contribution in [0.15, 0.2) is 35.0 Å². The fourth-order valence-electron chi connectivity index (χ4n) is 4.01. The minimum atomic E-state index is -0.179. The van der Waals surface area contributed by atoms with Crippen molar-refractivity contribution in [1.82, 2.24) is 19.8 Å². The number of likely N-dealkylation sites (tertiary alicyclic amines) is 1. The molecule has 0 saturated carbocycles. The van der Waals surface area contributed by atoms with Crippen LogP contribution in [-0.4, -0.2) is 46.5 Å². The molecule has 0 bridgehead atoms. The summed E-state index contributed by atoms with van der Waals surface area (Å²) in [4.78, 5) is 15.1. The molecule has 0 unspecified atom stereocenters. The fourth-order valence-corrected chi connectivity index (χ4v) is 4.01. The van der Waals surface area contributed by atoms with Gasteiger partial charge in [-0.1, -0.05) is 5.16 Å². The zero-order chi connectivity index (χ0) is 21.3. The van der Waals surface area contributed by atoms with Crippen LogP contribution in [0.2, 0.25) is 0 Å². The Hall–Kier alpha value is -3.29. The first-order chi connectivity index (χ1) is 14.5. The average molecular weight is 410 g/mol. The van der Waals surface area contributed by atoms with Gasteiger partial charge in [-0.05, 0) is 44.9 Å². The minimum absolute atomic E-state index is 0.110. The molecule has 0 N–H and O–H groups in total. The van der Waals surface area contributed by atoms with Crippen molar-refractivity contribution in [3.8, 4) is 22.8 Å². The largest absolute Gasteiger partial charge is 0.497 e. The SMILES string of the molecule is CCn1cc(-c2cc(C(=O)N3CCC[C@@H]3c3cc(OC)ccc3OC)on2)c(C)n1. The zero-order valence-electron chi connectivity index (χ0n) is 17.7. The molecular formula is C22H26N4O4. The highest BCUT2D eigenvalue weighted by atomic mass is 16.5. The predicted molar refractivity (Wildman–Crippen MR) is 111 cm³/mol. The highest BCUT2D eigenvalue weighted by Gasteiger charge is 2.34. The molecule has 0 radical (unpaired) electrons. The summed E-state index contributed by atoms with van der Waals surface area (Å²) in [6.07, 6.45) is 3.67. The number of methoxy groups -OCH3 is 2. The quantitative estimate of drug-likeness (QED) is 0.614. The lowest BCUT2D eigenvalue weighted by Gasteiger charge is -2.25. The van der Waals surface area contributed by atoms with Gasteiger partial charge in [0, 0.05) is 36.5 Å². The summed E-state index contributed by atoms with van der Waals surface area (Å²) < 4.78 is 18.2. The van der Waals surface area contributed by atoms with Crippen molar-refractivity contribution in [3.05, 3.63) is 47.5 Å². The molecule has 2 aromatic heterocycles. The summed E-state index contributed by atoms with van der Waals surface area (Å²) in [5.74, 6) is 1.51. The molecule has 3 aromatic rings. The molecule has 1 aliphatic rings. The Balaban J connectivity index is 1.62. The number of carbonyl (C=O) groups is 1. The van der Waals surface area contributed by atoms with Crippen LogP contribution in [-0.2, 0) is 6.54 Å². The Bertz CT molecular complexity index is 1060. The van der Waals surface area contributed by atoms with Gasteiger partial charge < -0.3 is 18.9 Å². The molecule has 1 fully saturated rings. The molecule has 1 amide bonds. The molecule has 1 saturated heterocycles. The molecule has 30 heavy (non-hydrogen) atoms. The van der Waals surface area contributed by atoms with Crippen LogP contribution in [0.1, 0.15) is 47.6 Å². The van der Waals surface area contributed by atoms with E-state index in [0.29, 0.717) is 12.2 Å². The van der Waals surface area contributed by atoms with E-state index >= 15 is 0 Å². The molecule has 0 aliphatic carbocycles. The van der Waals surface area contributed by atoms with Gasteiger partial charge in [-0.25, -0.2) is 0 Å². The van der Waals surface area contributed by atoms with Crippen LogP contribution in [0.4, 0.5) is 0 Å². The lowest BCUT2D eigenvalue weighted by Crippen LogP contribution is -2.30. The van der Waals surface area contributed by atoms with E-state index in [0.717, 1.165) is 47.7 Å². The topological polar surface area (TPSA) is 82.6 Å². The number of benzene rings is 1. The second-order valence-corrected chi connectivity index (χ2v) is 7.32. The zero-order valence-corrected chi connectivity index (χ0v) is 17.7. The third kappa shape index (κ3) is 3.53. The number of hydrogen-bond acceptors (Lipinski definition) is 6. The predicted octanol–water partition coefficient (Wildman–Crippen LogP) is 3.86. The number of carbonyl (C=O) groups excluding carboxylic acids is 1. The van der Waals surface area contributed by atoms with Crippen LogP contribution in [0.25, 0.3) is 11.3 Å². The van der Waals surface area contributed by atoms with Crippen molar-refractivity contribution in [3.63, 3.8) is 0 Å². The normalized spacial score (nSPS) is 16.1. The maximum absolute atomic E-state index is 13.3. The van der Waals surface area contributed by atoms with Crippen LogP contribution in [0, 0.1) is 6.92 Å². The summed E-state index contributed by atoms with van der Waals surface area (Å²) in [5.41, 5.74) is 3.27. The van der Waals surface area contributed by atoms with E-state index in [2.05, 4.69) is 10.3 Å². The number of amides is 1. The lowest BCUT2D eigenvalue weighted by molar-refractivity contribution is 0.0691. The summed E-state index contributed by atoms with van der Waals surface area (Å²) in [6.45, 7) is 5.35. The van der Waals surface area contributed by atoms with Gasteiger partial charge >= 0.3 is 0 Å². The number of nitrogens with zero attached hydrogens (tertiary/aromatic N) is 4. The van der Waals surface area contributed by atoms with Gasteiger partial charge in [0.2, 0.25) is 5.76 Å². The summed E-state index contributed by atoms with van der Waals surface area (Å²) in [7, 11) is 3.26. The average Bonchev–Trinajstić information content (AvgIpc) is 3.51. The standard InChI is InChI=1S/C22H26N4O4/c1-5-25-13-17(14(2)23-25)18-12-21(30-24-18)22(27)26-10-6-7-19(26)16-11-15(28-3)8-9-20(16)29-4/h8-9,11-13,19H,5-7,10H2,1-4H3/t19-/m1/s1. The van der Waals surface area contributed by atoms with E-state index in [1.165, 1.54) is 0 Å². The van der Waals surface area contributed by atoms with Crippen molar-refractivity contribution >= 4 is 5.91 Å². The van der Waals surface area contributed by atoms with Gasteiger partial charge in [0.1, 0.15) is 17.2 Å². The van der Waals surface area contributed by atoms with Gasteiger partial charge in [0.05, 0.1) is 26.0 Å². The van der Waals surface area contributed by atoms with E-state index in [1.54, 1.807) is 20.3 Å². The van der Waals surface area contributed by atoms with Crippen LogP contribution < -0.4 is 9.47 Å². The maximum atomic E-state index is 13.3. The molecular weight excluding hydrogens is 384 g/mol. The lowest BCUT2D eigenvalue weighted by atomic mass is 10.0. The summed E-state index contributed by atoms with van der Waals surface area (Å²) in [5, 5.41) is 8.56. The van der Waals surface area contributed by atoms with Gasteiger partial charge in [-0.2, -0.15) is 5.10 Å². The van der Waals surface area contributed by atoms with Crippen molar-refractivity contribution in [2.75, 3.05) is 20.8 Å². The highest BCUT2D eigenvalue weighted by Crippen LogP contribution is 2.39. The molecule has 3 heterocycles. The number of aromatic nitrogens is 3. The Morgan fingerprint density at radius 1 is 1.27 bits per heavy atom. The van der Waals surface area contributed by atoms with E-state index in [-0.39, 0.29) is 17.7 Å². The molecule has 158 valence electrons. The third-order valence-corrected chi connectivity index (χ3v) is 5.58. The second kappa shape index (κ2) is 8.22. The van der Waals surface area contributed by atoms with E-state index in [4.69, 9.17) is 14.0 Å².